The number of carboxylic acids is 1. The van der Waals surface area contributed by atoms with Gasteiger partial charge in [0.05, 0.1) is 5.41 Å². The maximum atomic E-state index is 12.2. The average molecular weight is 429 g/mol. The number of hydrogen-bond acceptors (Lipinski definition) is 4. The van der Waals surface area contributed by atoms with E-state index in [1.807, 2.05) is 36.4 Å². The third kappa shape index (κ3) is 3.52. The van der Waals surface area contributed by atoms with Crippen molar-refractivity contribution < 1.29 is 14.6 Å². The Bertz CT molecular complexity index is 1140. The molecule has 3 heterocycles. The number of carbonyl (C=O) groups is 1. The zero-order valence-electron chi connectivity index (χ0n) is 18.5. The van der Waals surface area contributed by atoms with E-state index >= 15 is 0 Å². The molecule has 3 aromatic rings. The van der Waals surface area contributed by atoms with Crippen LogP contribution >= 0.6 is 0 Å². The van der Waals surface area contributed by atoms with Crippen LogP contribution < -0.4 is 9.64 Å². The maximum Gasteiger partial charge on any atom is 0.310 e. The van der Waals surface area contributed by atoms with Gasteiger partial charge >= 0.3 is 5.97 Å². The second-order valence-corrected chi connectivity index (χ2v) is 9.36. The molecule has 2 aromatic carbocycles. The summed E-state index contributed by atoms with van der Waals surface area (Å²) in [7, 11) is 0. The number of pyridine rings is 1. The van der Waals surface area contributed by atoms with Gasteiger partial charge in [0.15, 0.2) is 0 Å². The summed E-state index contributed by atoms with van der Waals surface area (Å²) < 4.78 is 6.19. The molecule has 5 rings (SSSR count). The number of aliphatic carboxylic acids is 1. The monoisotopic (exact) mass is 428 g/mol. The summed E-state index contributed by atoms with van der Waals surface area (Å²) >= 11 is 0. The number of benzene rings is 2. The van der Waals surface area contributed by atoms with E-state index in [9.17, 15) is 9.90 Å². The third-order valence-corrected chi connectivity index (χ3v) is 6.91. The maximum absolute atomic E-state index is 12.2. The second kappa shape index (κ2) is 7.97. The van der Waals surface area contributed by atoms with Gasteiger partial charge in [-0.25, -0.2) is 0 Å². The Kier molecular flexibility index (Phi) is 5.12. The fourth-order valence-corrected chi connectivity index (χ4v) is 5.09. The largest absolute Gasteiger partial charge is 0.481 e. The fraction of sp³-hybridized carbons (Fsp3) is 0.333. The number of piperidine rings is 1. The molecular formula is C27H28N2O3. The molecule has 1 aromatic heterocycles. The van der Waals surface area contributed by atoms with Gasteiger partial charge in [0.2, 0.25) is 5.88 Å². The highest BCUT2D eigenvalue weighted by Gasteiger charge is 2.44. The first-order valence-corrected chi connectivity index (χ1v) is 11.3. The van der Waals surface area contributed by atoms with Crippen LogP contribution in [-0.2, 0) is 4.79 Å². The van der Waals surface area contributed by atoms with Crippen LogP contribution in [0.4, 0.5) is 5.82 Å². The lowest BCUT2D eigenvalue weighted by atomic mass is 9.70. The van der Waals surface area contributed by atoms with E-state index in [0.717, 1.165) is 36.5 Å². The molecule has 2 atom stereocenters. The summed E-state index contributed by atoms with van der Waals surface area (Å²) in [6, 6.07) is 22.4. The molecule has 2 aliphatic heterocycles. The van der Waals surface area contributed by atoms with E-state index in [1.165, 1.54) is 12.0 Å². The van der Waals surface area contributed by atoms with Crippen LogP contribution in [0.15, 0.2) is 66.7 Å². The fourth-order valence-electron chi connectivity index (χ4n) is 5.09. The van der Waals surface area contributed by atoms with Crippen LogP contribution in [0.3, 0.4) is 0 Å². The quantitative estimate of drug-likeness (QED) is 0.568. The van der Waals surface area contributed by atoms with E-state index in [4.69, 9.17) is 9.72 Å². The van der Waals surface area contributed by atoms with Crippen LogP contribution in [0, 0.1) is 5.41 Å². The molecule has 1 N–H and O–H groups in total. The van der Waals surface area contributed by atoms with Crippen LogP contribution in [0.25, 0.3) is 0 Å². The number of ether oxygens (including phenoxy) is 1. The van der Waals surface area contributed by atoms with Crippen LogP contribution in [0.5, 0.6) is 11.6 Å². The molecule has 0 aliphatic carbocycles. The predicted octanol–water partition coefficient (Wildman–Crippen LogP) is 5.81. The molecule has 0 radical (unpaired) electrons. The lowest BCUT2D eigenvalue weighted by Crippen LogP contribution is -2.36. The van der Waals surface area contributed by atoms with E-state index in [2.05, 4.69) is 35.2 Å². The smallest absolute Gasteiger partial charge is 0.310 e. The number of para-hydroxylation sites is 1. The minimum absolute atomic E-state index is 0.333. The van der Waals surface area contributed by atoms with Gasteiger partial charge in [0.1, 0.15) is 11.6 Å². The zero-order valence-corrected chi connectivity index (χ0v) is 18.5. The Balaban J connectivity index is 1.50. The van der Waals surface area contributed by atoms with Gasteiger partial charge in [0, 0.05) is 36.1 Å². The molecule has 0 spiro atoms. The average Bonchev–Trinajstić information content (AvgIpc) is 2.82. The van der Waals surface area contributed by atoms with Gasteiger partial charge in [-0.1, -0.05) is 48.5 Å². The van der Waals surface area contributed by atoms with Gasteiger partial charge in [-0.3, -0.25) is 4.79 Å². The van der Waals surface area contributed by atoms with Gasteiger partial charge in [-0.15, -0.1) is 0 Å². The van der Waals surface area contributed by atoms with E-state index in [0.29, 0.717) is 17.5 Å². The summed E-state index contributed by atoms with van der Waals surface area (Å²) in [6.45, 7) is 5.41. The second-order valence-electron chi connectivity index (χ2n) is 9.36. The summed E-state index contributed by atoms with van der Waals surface area (Å²) in [6.07, 6.45) is 2.28. The lowest BCUT2D eigenvalue weighted by molar-refractivity contribution is -0.147. The molecular weight excluding hydrogens is 400 g/mol. The normalized spacial score (nSPS) is 20.1. The molecule has 32 heavy (non-hydrogen) atoms. The van der Waals surface area contributed by atoms with Gasteiger partial charge in [-0.05, 0) is 50.5 Å². The first kappa shape index (κ1) is 20.6. The van der Waals surface area contributed by atoms with Crippen molar-refractivity contribution in [3.63, 3.8) is 0 Å². The first-order chi connectivity index (χ1) is 15.4. The number of aromatic nitrogens is 1. The minimum atomic E-state index is -0.999. The van der Waals surface area contributed by atoms with Gasteiger partial charge in [0.25, 0.3) is 0 Å². The summed E-state index contributed by atoms with van der Waals surface area (Å²) in [5.74, 6) is 1.39. The van der Waals surface area contributed by atoms with E-state index in [1.54, 1.807) is 13.8 Å². The number of carboxylic acid groups (broad SMARTS) is 1. The van der Waals surface area contributed by atoms with Crippen molar-refractivity contribution in [1.82, 2.24) is 4.98 Å². The zero-order chi connectivity index (χ0) is 22.3. The van der Waals surface area contributed by atoms with Crippen LogP contribution in [0.2, 0.25) is 0 Å². The van der Waals surface area contributed by atoms with Crippen molar-refractivity contribution in [3.05, 3.63) is 83.4 Å². The van der Waals surface area contributed by atoms with Crippen molar-refractivity contribution in [3.8, 4) is 11.6 Å². The number of nitrogens with zero attached hydrogens (tertiary/aromatic N) is 2. The molecule has 5 heteroatoms. The predicted molar refractivity (Wildman–Crippen MR) is 125 cm³/mol. The molecule has 1 saturated heterocycles. The van der Waals surface area contributed by atoms with Crippen molar-refractivity contribution in [1.29, 1.82) is 0 Å². The molecule has 0 bridgehead atoms. The summed E-state index contributed by atoms with van der Waals surface area (Å²) in [5, 5.41) is 9.97. The Morgan fingerprint density at radius 1 is 1.03 bits per heavy atom. The van der Waals surface area contributed by atoms with Crippen molar-refractivity contribution in [2.75, 3.05) is 18.0 Å². The molecule has 0 saturated carbocycles. The highest BCUT2D eigenvalue weighted by molar-refractivity contribution is 5.77. The van der Waals surface area contributed by atoms with E-state index < -0.39 is 11.4 Å². The Labute approximate surface area is 188 Å². The highest BCUT2D eigenvalue weighted by atomic mass is 16.5. The number of anilines is 1. The van der Waals surface area contributed by atoms with E-state index in [-0.39, 0.29) is 5.92 Å². The number of rotatable bonds is 4. The molecule has 1 unspecified atom stereocenters. The first-order valence-electron chi connectivity index (χ1n) is 11.3. The molecule has 5 nitrogen and oxygen atoms in total. The van der Waals surface area contributed by atoms with Crippen LogP contribution in [-0.4, -0.2) is 29.1 Å². The van der Waals surface area contributed by atoms with Crippen molar-refractivity contribution in [2.24, 2.45) is 5.41 Å². The van der Waals surface area contributed by atoms with Crippen molar-refractivity contribution >= 4 is 11.8 Å². The summed E-state index contributed by atoms with van der Waals surface area (Å²) in [4.78, 5) is 19.4. The molecule has 2 aliphatic rings. The Hall–Kier alpha value is -3.34. The van der Waals surface area contributed by atoms with Crippen molar-refractivity contribution in [2.45, 2.75) is 38.5 Å². The van der Waals surface area contributed by atoms with Gasteiger partial charge in [-0.2, -0.15) is 4.98 Å². The molecule has 164 valence electrons. The summed E-state index contributed by atoms with van der Waals surface area (Å²) in [5.41, 5.74) is 2.09. The Morgan fingerprint density at radius 2 is 1.78 bits per heavy atom. The minimum Gasteiger partial charge on any atom is -0.481 e. The van der Waals surface area contributed by atoms with Gasteiger partial charge < -0.3 is 14.7 Å². The van der Waals surface area contributed by atoms with Crippen LogP contribution in [0.1, 0.15) is 55.2 Å². The molecule has 0 amide bonds. The highest BCUT2D eigenvalue weighted by Crippen LogP contribution is 2.51. The SMILES string of the molecule is CC(C)(C(=O)O)[C@H]1c2ccccc2Oc2nc(N3CCCC(c4ccccc4)C3)ccc21. The third-order valence-electron chi connectivity index (χ3n) is 6.91. The molecule has 1 fully saturated rings. The Morgan fingerprint density at radius 3 is 2.56 bits per heavy atom. The lowest BCUT2D eigenvalue weighted by Gasteiger charge is -2.37. The standard InChI is InChI=1S/C27H28N2O3/c1-27(2,26(30)31)24-20-12-6-7-13-22(20)32-25-21(24)14-15-23(28-25)29-16-8-11-19(17-29)18-9-4-3-5-10-18/h3-7,9-10,12-15,19,24H,8,11,16-17H2,1-2H3,(H,30,31)/t19?,24-/m0/s1. The topological polar surface area (TPSA) is 62.7 Å². The number of fused-ring (bicyclic) bond motifs is 2. The number of hydrogen-bond donors (Lipinski definition) is 1.